The van der Waals surface area contributed by atoms with Crippen LogP contribution in [0.4, 0.5) is 0 Å². The number of morpholine rings is 1. The normalized spacial score (nSPS) is 23.6. The van der Waals surface area contributed by atoms with Crippen LogP contribution in [0.25, 0.3) is 0 Å². The molecular weight excluding hydrogens is 372 g/mol. The number of sulfonamides is 1. The van der Waals surface area contributed by atoms with Crippen LogP contribution in [0.3, 0.4) is 0 Å². The van der Waals surface area contributed by atoms with Gasteiger partial charge in [-0.2, -0.15) is 4.31 Å². The first-order valence-corrected chi connectivity index (χ1v) is 10.7. The molecule has 0 bridgehead atoms. The highest BCUT2D eigenvalue weighted by Gasteiger charge is 2.40. The van der Waals surface area contributed by atoms with Gasteiger partial charge in [0.05, 0.1) is 31.3 Å². The SMILES string of the molecule is O=C(c1ccc(S(=O)(=O)N2CCOCC2)cc1)N1CCC2(CC1)OCCO2. The summed E-state index contributed by atoms with van der Waals surface area (Å²) in [6.45, 7) is 3.84. The molecule has 3 aliphatic rings. The Morgan fingerprint density at radius 3 is 2.07 bits per heavy atom. The van der Waals surface area contributed by atoms with Gasteiger partial charge in [-0.1, -0.05) is 0 Å². The maximum Gasteiger partial charge on any atom is 0.253 e. The van der Waals surface area contributed by atoms with Crippen molar-refractivity contribution in [2.75, 3.05) is 52.6 Å². The molecule has 3 saturated heterocycles. The molecule has 1 amide bonds. The van der Waals surface area contributed by atoms with Crippen molar-refractivity contribution in [1.82, 2.24) is 9.21 Å². The summed E-state index contributed by atoms with van der Waals surface area (Å²) in [6.07, 6.45) is 1.31. The van der Waals surface area contributed by atoms with Crippen LogP contribution in [0, 0.1) is 0 Å². The number of carbonyl (C=O) groups excluding carboxylic acids is 1. The van der Waals surface area contributed by atoms with E-state index in [1.807, 2.05) is 0 Å². The van der Waals surface area contributed by atoms with E-state index in [1.54, 1.807) is 17.0 Å². The van der Waals surface area contributed by atoms with Gasteiger partial charge in [0, 0.05) is 44.6 Å². The highest BCUT2D eigenvalue weighted by atomic mass is 32.2. The molecule has 0 saturated carbocycles. The van der Waals surface area contributed by atoms with Gasteiger partial charge < -0.3 is 19.1 Å². The van der Waals surface area contributed by atoms with Crippen LogP contribution in [0.15, 0.2) is 29.2 Å². The Balaban J connectivity index is 1.42. The van der Waals surface area contributed by atoms with Crippen molar-refractivity contribution < 1.29 is 27.4 Å². The number of hydrogen-bond donors (Lipinski definition) is 0. The molecule has 3 heterocycles. The molecule has 3 aliphatic heterocycles. The van der Waals surface area contributed by atoms with Crippen molar-refractivity contribution in [3.8, 4) is 0 Å². The minimum atomic E-state index is -3.55. The fraction of sp³-hybridized carbons (Fsp3) is 0.611. The van der Waals surface area contributed by atoms with Crippen molar-refractivity contribution in [1.29, 1.82) is 0 Å². The average molecular weight is 396 g/mol. The van der Waals surface area contributed by atoms with Gasteiger partial charge in [-0.3, -0.25) is 4.79 Å². The second-order valence-electron chi connectivity index (χ2n) is 6.94. The Hall–Kier alpha value is -1.52. The standard InChI is InChI=1S/C18H24N2O6S/c21-17(19-7-5-18(6-8-19)25-13-14-26-18)15-1-3-16(4-2-15)27(22,23)20-9-11-24-12-10-20/h1-4H,5-14H2. The molecule has 0 atom stereocenters. The predicted molar refractivity (Wildman–Crippen MR) is 95.8 cm³/mol. The summed E-state index contributed by atoms with van der Waals surface area (Å²) in [5, 5.41) is 0. The summed E-state index contributed by atoms with van der Waals surface area (Å²) >= 11 is 0. The number of nitrogens with zero attached hydrogens (tertiary/aromatic N) is 2. The Morgan fingerprint density at radius 1 is 0.889 bits per heavy atom. The third kappa shape index (κ3) is 3.74. The molecule has 0 unspecified atom stereocenters. The molecule has 1 aromatic rings. The van der Waals surface area contributed by atoms with Gasteiger partial charge in [-0.05, 0) is 24.3 Å². The Labute approximate surface area is 159 Å². The zero-order valence-corrected chi connectivity index (χ0v) is 15.9. The molecule has 8 nitrogen and oxygen atoms in total. The predicted octanol–water partition coefficient (Wildman–Crippen LogP) is 0.687. The van der Waals surface area contributed by atoms with E-state index in [9.17, 15) is 13.2 Å². The number of piperidine rings is 1. The van der Waals surface area contributed by atoms with Gasteiger partial charge in [-0.25, -0.2) is 8.42 Å². The summed E-state index contributed by atoms with van der Waals surface area (Å²) in [6, 6.07) is 6.19. The lowest BCUT2D eigenvalue weighted by molar-refractivity contribution is -0.181. The quantitative estimate of drug-likeness (QED) is 0.747. The number of ether oxygens (including phenoxy) is 3. The van der Waals surface area contributed by atoms with E-state index in [0.717, 1.165) is 0 Å². The Kier molecular flexibility index (Phi) is 5.21. The topological polar surface area (TPSA) is 85.4 Å². The molecule has 9 heteroatoms. The highest BCUT2D eigenvalue weighted by molar-refractivity contribution is 7.89. The number of rotatable bonds is 3. The van der Waals surface area contributed by atoms with Gasteiger partial charge in [0.2, 0.25) is 10.0 Å². The summed E-state index contributed by atoms with van der Waals surface area (Å²) in [5.74, 6) is -0.620. The van der Waals surface area contributed by atoms with E-state index >= 15 is 0 Å². The fourth-order valence-corrected chi connectivity index (χ4v) is 5.13. The zero-order chi connectivity index (χ0) is 18.9. The van der Waals surface area contributed by atoms with Crippen molar-refractivity contribution in [3.63, 3.8) is 0 Å². The second kappa shape index (κ2) is 7.48. The van der Waals surface area contributed by atoms with Crippen LogP contribution in [0.1, 0.15) is 23.2 Å². The number of hydrogen-bond acceptors (Lipinski definition) is 6. The van der Waals surface area contributed by atoms with Gasteiger partial charge in [-0.15, -0.1) is 0 Å². The third-order valence-electron chi connectivity index (χ3n) is 5.34. The first-order valence-electron chi connectivity index (χ1n) is 9.25. The second-order valence-corrected chi connectivity index (χ2v) is 8.88. The first-order chi connectivity index (χ1) is 13.0. The maximum absolute atomic E-state index is 12.7. The molecule has 27 heavy (non-hydrogen) atoms. The van der Waals surface area contributed by atoms with Gasteiger partial charge >= 0.3 is 0 Å². The maximum atomic E-state index is 12.7. The molecule has 1 spiro atoms. The minimum Gasteiger partial charge on any atom is -0.379 e. The number of carbonyl (C=O) groups is 1. The molecule has 0 aromatic heterocycles. The van der Waals surface area contributed by atoms with Crippen LogP contribution >= 0.6 is 0 Å². The molecule has 0 aliphatic carbocycles. The average Bonchev–Trinajstić information content (AvgIpc) is 3.17. The van der Waals surface area contributed by atoms with Crippen molar-refractivity contribution >= 4 is 15.9 Å². The van der Waals surface area contributed by atoms with Crippen LogP contribution in [-0.2, 0) is 24.2 Å². The van der Waals surface area contributed by atoms with Crippen LogP contribution in [0.5, 0.6) is 0 Å². The molecule has 0 radical (unpaired) electrons. The minimum absolute atomic E-state index is 0.0989. The monoisotopic (exact) mass is 396 g/mol. The van der Waals surface area contributed by atoms with E-state index in [4.69, 9.17) is 14.2 Å². The van der Waals surface area contributed by atoms with Gasteiger partial charge in [0.25, 0.3) is 5.91 Å². The molecule has 0 N–H and O–H groups in total. The summed E-state index contributed by atoms with van der Waals surface area (Å²) < 4.78 is 43.3. The summed E-state index contributed by atoms with van der Waals surface area (Å²) in [4.78, 5) is 14.7. The van der Waals surface area contributed by atoms with Crippen LogP contribution < -0.4 is 0 Å². The van der Waals surface area contributed by atoms with Crippen molar-refractivity contribution in [3.05, 3.63) is 29.8 Å². The third-order valence-corrected chi connectivity index (χ3v) is 7.25. The van der Waals surface area contributed by atoms with Crippen molar-refractivity contribution in [2.24, 2.45) is 0 Å². The molecular formula is C18H24N2O6S. The van der Waals surface area contributed by atoms with E-state index in [0.29, 0.717) is 71.0 Å². The van der Waals surface area contributed by atoms with E-state index in [1.165, 1.54) is 16.4 Å². The summed E-state index contributed by atoms with van der Waals surface area (Å²) in [5.41, 5.74) is 0.486. The highest BCUT2D eigenvalue weighted by Crippen LogP contribution is 2.31. The van der Waals surface area contributed by atoms with Crippen LogP contribution in [-0.4, -0.2) is 81.9 Å². The lowest BCUT2D eigenvalue weighted by Gasteiger charge is -2.37. The smallest absolute Gasteiger partial charge is 0.253 e. The number of benzene rings is 1. The van der Waals surface area contributed by atoms with E-state index in [2.05, 4.69) is 0 Å². The fourth-order valence-electron chi connectivity index (χ4n) is 3.72. The Bertz CT molecular complexity index is 773. The van der Waals surface area contributed by atoms with Crippen LogP contribution in [0.2, 0.25) is 0 Å². The Morgan fingerprint density at radius 2 is 1.48 bits per heavy atom. The largest absolute Gasteiger partial charge is 0.379 e. The molecule has 148 valence electrons. The van der Waals surface area contributed by atoms with Crippen molar-refractivity contribution in [2.45, 2.75) is 23.5 Å². The van der Waals surface area contributed by atoms with Gasteiger partial charge in [0.1, 0.15) is 0 Å². The molecule has 4 rings (SSSR count). The summed E-state index contributed by atoms with van der Waals surface area (Å²) in [7, 11) is -3.55. The number of amides is 1. The lowest BCUT2D eigenvalue weighted by Crippen LogP contribution is -2.47. The lowest BCUT2D eigenvalue weighted by atomic mass is 10.0. The van der Waals surface area contributed by atoms with E-state index in [-0.39, 0.29) is 10.8 Å². The number of likely N-dealkylation sites (tertiary alicyclic amines) is 1. The van der Waals surface area contributed by atoms with Gasteiger partial charge in [0.15, 0.2) is 5.79 Å². The zero-order valence-electron chi connectivity index (χ0n) is 15.1. The molecule has 1 aromatic carbocycles. The molecule has 3 fully saturated rings. The first kappa shape index (κ1) is 18.8. The van der Waals surface area contributed by atoms with E-state index < -0.39 is 15.8 Å².